The van der Waals surface area contributed by atoms with Crippen LogP contribution in [-0.4, -0.2) is 0 Å². The van der Waals surface area contributed by atoms with Crippen molar-refractivity contribution >= 4 is 10.8 Å². The second-order valence-corrected chi connectivity index (χ2v) is 5.01. The summed E-state index contributed by atoms with van der Waals surface area (Å²) in [4.78, 5) is 0. The van der Waals surface area contributed by atoms with Crippen molar-refractivity contribution in [1.82, 2.24) is 0 Å². The van der Waals surface area contributed by atoms with Crippen LogP contribution in [0.5, 0.6) is 0 Å². The Labute approximate surface area is 117 Å². The van der Waals surface area contributed by atoms with Gasteiger partial charge in [-0.05, 0) is 40.5 Å². The zero-order chi connectivity index (χ0) is 13.9. The van der Waals surface area contributed by atoms with Crippen molar-refractivity contribution in [2.24, 2.45) is 5.73 Å². The second-order valence-electron chi connectivity index (χ2n) is 5.01. The van der Waals surface area contributed by atoms with E-state index in [-0.39, 0.29) is 11.9 Å². The third-order valence-electron chi connectivity index (χ3n) is 3.60. The van der Waals surface area contributed by atoms with E-state index < -0.39 is 0 Å². The van der Waals surface area contributed by atoms with Crippen molar-refractivity contribution in [3.63, 3.8) is 0 Å². The van der Waals surface area contributed by atoms with E-state index in [1.165, 1.54) is 11.5 Å². The van der Waals surface area contributed by atoms with Gasteiger partial charge in [-0.2, -0.15) is 0 Å². The Kier molecular flexibility index (Phi) is 3.48. The zero-order valence-corrected chi connectivity index (χ0v) is 11.1. The molecule has 0 saturated heterocycles. The Bertz CT molecular complexity index is 736. The van der Waals surface area contributed by atoms with E-state index >= 15 is 0 Å². The third kappa shape index (κ3) is 2.56. The standard InChI is InChI=1S/C18H16FN/c19-17-8-4-3-7-15(17)12-18(20)16-10-9-13-5-1-2-6-14(13)11-16/h1-11,18H,12,20H2. The summed E-state index contributed by atoms with van der Waals surface area (Å²) >= 11 is 0. The van der Waals surface area contributed by atoms with Gasteiger partial charge in [0.1, 0.15) is 5.82 Å². The molecule has 1 atom stereocenters. The average Bonchev–Trinajstić information content (AvgIpc) is 2.49. The van der Waals surface area contributed by atoms with Gasteiger partial charge in [-0.3, -0.25) is 0 Å². The minimum atomic E-state index is -0.198. The van der Waals surface area contributed by atoms with Crippen molar-refractivity contribution in [3.05, 3.63) is 83.7 Å². The molecule has 0 bridgehead atoms. The van der Waals surface area contributed by atoms with Gasteiger partial charge in [0.2, 0.25) is 0 Å². The fourth-order valence-electron chi connectivity index (χ4n) is 2.46. The first-order chi connectivity index (χ1) is 9.74. The van der Waals surface area contributed by atoms with Gasteiger partial charge >= 0.3 is 0 Å². The summed E-state index contributed by atoms with van der Waals surface area (Å²) in [6.45, 7) is 0. The Morgan fingerprint density at radius 2 is 1.55 bits per heavy atom. The van der Waals surface area contributed by atoms with Crippen LogP contribution in [0, 0.1) is 5.82 Å². The highest BCUT2D eigenvalue weighted by Gasteiger charge is 2.10. The summed E-state index contributed by atoms with van der Waals surface area (Å²) in [6, 6.07) is 20.9. The first kappa shape index (κ1) is 12.8. The molecule has 2 heteroatoms. The normalized spacial score (nSPS) is 12.5. The van der Waals surface area contributed by atoms with Gasteiger partial charge in [-0.25, -0.2) is 4.39 Å². The molecule has 0 radical (unpaired) electrons. The molecule has 0 saturated carbocycles. The fourth-order valence-corrected chi connectivity index (χ4v) is 2.46. The highest BCUT2D eigenvalue weighted by atomic mass is 19.1. The first-order valence-electron chi connectivity index (χ1n) is 6.72. The molecule has 0 aromatic heterocycles. The monoisotopic (exact) mass is 265 g/mol. The highest BCUT2D eigenvalue weighted by Crippen LogP contribution is 2.22. The fraction of sp³-hybridized carbons (Fsp3) is 0.111. The lowest BCUT2D eigenvalue weighted by atomic mass is 9.97. The molecule has 100 valence electrons. The second kappa shape index (κ2) is 5.43. The van der Waals surface area contributed by atoms with Crippen LogP contribution >= 0.6 is 0 Å². The minimum absolute atomic E-state index is 0.191. The first-order valence-corrected chi connectivity index (χ1v) is 6.72. The molecule has 20 heavy (non-hydrogen) atoms. The largest absolute Gasteiger partial charge is 0.324 e. The minimum Gasteiger partial charge on any atom is -0.324 e. The van der Waals surface area contributed by atoms with Crippen molar-refractivity contribution in [3.8, 4) is 0 Å². The van der Waals surface area contributed by atoms with Gasteiger partial charge in [0.25, 0.3) is 0 Å². The van der Waals surface area contributed by atoms with Crippen molar-refractivity contribution in [2.75, 3.05) is 0 Å². The quantitative estimate of drug-likeness (QED) is 0.753. The van der Waals surface area contributed by atoms with E-state index in [0.29, 0.717) is 12.0 Å². The van der Waals surface area contributed by atoms with Crippen molar-refractivity contribution in [1.29, 1.82) is 0 Å². The molecular weight excluding hydrogens is 249 g/mol. The van der Waals surface area contributed by atoms with Crippen LogP contribution < -0.4 is 5.73 Å². The summed E-state index contributed by atoms with van der Waals surface area (Å²) in [7, 11) is 0. The topological polar surface area (TPSA) is 26.0 Å². The molecule has 0 fully saturated rings. The average molecular weight is 265 g/mol. The van der Waals surface area contributed by atoms with Crippen LogP contribution in [0.3, 0.4) is 0 Å². The van der Waals surface area contributed by atoms with Gasteiger partial charge in [0.05, 0.1) is 0 Å². The van der Waals surface area contributed by atoms with Gasteiger partial charge in [0, 0.05) is 6.04 Å². The molecule has 2 N–H and O–H groups in total. The van der Waals surface area contributed by atoms with Crippen molar-refractivity contribution < 1.29 is 4.39 Å². The summed E-state index contributed by atoms with van der Waals surface area (Å²) in [6.07, 6.45) is 0.505. The lowest BCUT2D eigenvalue weighted by Gasteiger charge is -2.13. The lowest BCUT2D eigenvalue weighted by molar-refractivity contribution is 0.593. The molecule has 0 aliphatic carbocycles. The number of rotatable bonds is 3. The van der Waals surface area contributed by atoms with Gasteiger partial charge in [0.15, 0.2) is 0 Å². The number of benzene rings is 3. The number of fused-ring (bicyclic) bond motifs is 1. The van der Waals surface area contributed by atoms with Crippen LogP contribution in [-0.2, 0) is 6.42 Å². The molecule has 3 aromatic carbocycles. The highest BCUT2D eigenvalue weighted by molar-refractivity contribution is 5.83. The van der Waals surface area contributed by atoms with Gasteiger partial charge < -0.3 is 5.73 Å². The maximum atomic E-state index is 13.7. The molecule has 0 aliphatic rings. The van der Waals surface area contributed by atoms with Crippen molar-refractivity contribution in [2.45, 2.75) is 12.5 Å². The lowest BCUT2D eigenvalue weighted by Crippen LogP contribution is -2.14. The molecule has 1 nitrogen and oxygen atoms in total. The number of hydrogen-bond donors (Lipinski definition) is 1. The van der Waals surface area contributed by atoms with Crippen LogP contribution in [0.25, 0.3) is 10.8 Å². The molecule has 3 aromatic rings. The zero-order valence-electron chi connectivity index (χ0n) is 11.1. The van der Waals surface area contributed by atoms with E-state index in [1.54, 1.807) is 12.1 Å². The number of nitrogens with two attached hydrogens (primary N) is 1. The van der Waals surface area contributed by atoms with E-state index in [2.05, 4.69) is 24.3 Å². The molecule has 0 spiro atoms. The summed E-state index contributed by atoms with van der Waals surface area (Å²) in [5.74, 6) is -0.191. The number of hydrogen-bond acceptors (Lipinski definition) is 1. The summed E-state index contributed by atoms with van der Waals surface area (Å²) in [5, 5.41) is 2.35. The molecular formula is C18H16FN. The Balaban J connectivity index is 1.89. The summed E-state index contributed by atoms with van der Waals surface area (Å²) in [5.41, 5.74) is 7.91. The maximum Gasteiger partial charge on any atom is 0.126 e. The van der Waals surface area contributed by atoms with Crippen LogP contribution in [0.4, 0.5) is 4.39 Å². The van der Waals surface area contributed by atoms with E-state index in [1.807, 2.05) is 24.3 Å². The molecule has 3 rings (SSSR count). The summed E-state index contributed by atoms with van der Waals surface area (Å²) < 4.78 is 13.7. The molecule has 0 amide bonds. The van der Waals surface area contributed by atoms with E-state index in [0.717, 1.165) is 10.9 Å². The van der Waals surface area contributed by atoms with Crippen LogP contribution in [0.2, 0.25) is 0 Å². The Hall–Kier alpha value is -2.19. The van der Waals surface area contributed by atoms with Crippen LogP contribution in [0.1, 0.15) is 17.2 Å². The molecule has 0 aliphatic heterocycles. The Morgan fingerprint density at radius 1 is 0.850 bits per heavy atom. The predicted octanol–water partition coefficient (Wildman–Crippen LogP) is 4.22. The third-order valence-corrected chi connectivity index (χ3v) is 3.60. The molecule has 0 heterocycles. The molecule has 1 unspecified atom stereocenters. The SMILES string of the molecule is NC(Cc1ccccc1F)c1ccc2ccccc2c1. The maximum absolute atomic E-state index is 13.7. The van der Waals surface area contributed by atoms with Gasteiger partial charge in [-0.15, -0.1) is 0 Å². The van der Waals surface area contributed by atoms with Gasteiger partial charge in [-0.1, -0.05) is 54.6 Å². The van der Waals surface area contributed by atoms with Crippen LogP contribution in [0.15, 0.2) is 66.7 Å². The predicted molar refractivity (Wildman–Crippen MR) is 81.0 cm³/mol. The van der Waals surface area contributed by atoms with E-state index in [4.69, 9.17) is 5.73 Å². The Morgan fingerprint density at radius 3 is 2.35 bits per heavy atom. The van der Waals surface area contributed by atoms with E-state index in [9.17, 15) is 4.39 Å². The number of halogens is 1. The smallest absolute Gasteiger partial charge is 0.126 e.